The van der Waals surface area contributed by atoms with Crippen LogP contribution in [0.25, 0.3) is 10.9 Å². The largest absolute Gasteiger partial charge is 0.347 e. The van der Waals surface area contributed by atoms with Gasteiger partial charge in [0, 0.05) is 36.1 Å². The molecule has 0 amide bonds. The number of aromatic nitrogens is 1. The third kappa shape index (κ3) is 1.85. The van der Waals surface area contributed by atoms with Crippen molar-refractivity contribution in [2.75, 3.05) is 13.1 Å². The van der Waals surface area contributed by atoms with Crippen molar-refractivity contribution in [1.82, 2.24) is 9.88 Å². The van der Waals surface area contributed by atoms with Gasteiger partial charge in [0.25, 0.3) is 0 Å². The highest BCUT2D eigenvalue weighted by Gasteiger charge is 2.20. The predicted molar refractivity (Wildman–Crippen MR) is 77.2 cm³/mol. The summed E-state index contributed by atoms with van der Waals surface area (Å²) >= 11 is 0. The van der Waals surface area contributed by atoms with Crippen LogP contribution >= 0.6 is 0 Å². The lowest BCUT2D eigenvalue weighted by atomic mass is 10.0. The van der Waals surface area contributed by atoms with Crippen LogP contribution < -0.4 is 5.32 Å². The minimum atomic E-state index is 0.603. The third-order valence-corrected chi connectivity index (χ3v) is 4.25. The molecule has 1 aromatic heterocycles. The molecule has 2 aromatic rings. The molecule has 1 saturated heterocycles. The summed E-state index contributed by atoms with van der Waals surface area (Å²) in [5, 5.41) is 4.85. The zero-order valence-corrected chi connectivity index (χ0v) is 11.5. The van der Waals surface area contributed by atoms with E-state index >= 15 is 0 Å². The van der Waals surface area contributed by atoms with Crippen molar-refractivity contribution in [2.24, 2.45) is 7.05 Å². The van der Waals surface area contributed by atoms with Gasteiger partial charge in [-0.05, 0) is 42.6 Å². The fourth-order valence-electron chi connectivity index (χ4n) is 3.05. The van der Waals surface area contributed by atoms with Crippen LogP contribution in [0.1, 0.15) is 43.4 Å². The average Bonchev–Trinajstić information content (AvgIpc) is 2.97. The average molecular weight is 242 g/mol. The molecule has 2 heterocycles. The van der Waals surface area contributed by atoms with Crippen molar-refractivity contribution in [1.29, 1.82) is 0 Å². The molecule has 0 bridgehead atoms. The normalized spacial score (nSPS) is 20.1. The molecule has 0 aliphatic carbocycles. The summed E-state index contributed by atoms with van der Waals surface area (Å²) in [6.45, 7) is 6.79. The van der Waals surface area contributed by atoms with E-state index in [1.54, 1.807) is 0 Å². The maximum absolute atomic E-state index is 3.46. The molecule has 1 fully saturated rings. The maximum Gasteiger partial charge on any atom is 0.0480 e. The van der Waals surface area contributed by atoms with E-state index in [2.05, 4.69) is 55.0 Å². The molecule has 1 aliphatic heterocycles. The first-order valence-corrected chi connectivity index (χ1v) is 6.97. The van der Waals surface area contributed by atoms with E-state index in [-0.39, 0.29) is 0 Å². The highest BCUT2D eigenvalue weighted by molar-refractivity contribution is 5.82. The van der Waals surface area contributed by atoms with E-state index in [1.807, 2.05) is 0 Å². The number of nitrogens with zero attached hydrogens (tertiary/aromatic N) is 1. The van der Waals surface area contributed by atoms with Gasteiger partial charge in [0.2, 0.25) is 0 Å². The van der Waals surface area contributed by atoms with Crippen molar-refractivity contribution < 1.29 is 0 Å². The third-order valence-electron chi connectivity index (χ3n) is 4.25. The number of hydrogen-bond acceptors (Lipinski definition) is 1. The second-order valence-electron chi connectivity index (χ2n) is 5.79. The summed E-state index contributed by atoms with van der Waals surface area (Å²) in [4.78, 5) is 0. The fraction of sp³-hybridized carbons (Fsp3) is 0.500. The standard InChI is InChI=1S/C16H22N2/c1-11(2)12-4-5-15-14(8-12)9-16(18(15)3)13-6-7-17-10-13/h4-5,8-9,11,13,17H,6-7,10H2,1-3H3. The minimum Gasteiger partial charge on any atom is -0.347 e. The van der Waals surface area contributed by atoms with Crippen LogP contribution in [0, 0.1) is 0 Å². The van der Waals surface area contributed by atoms with Crippen LogP contribution in [0.4, 0.5) is 0 Å². The van der Waals surface area contributed by atoms with E-state index in [9.17, 15) is 0 Å². The van der Waals surface area contributed by atoms with Crippen LogP contribution in [0.2, 0.25) is 0 Å². The quantitative estimate of drug-likeness (QED) is 0.854. The number of hydrogen-bond donors (Lipinski definition) is 1. The van der Waals surface area contributed by atoms with E-state index in [0.29, 0.717) is 11.8 Å². The van der Waals surface area contributed by atoms with Gasteiger partial charge < -0.3 is 9.88 Å². The van der Waals surface area contributed by atoms with Crippen molar-refractivity contribution in [3.8, 4) is 0 Å². The Kier molecular flexibility index (Phi) is 2.90. The smallest absolute Gasteiger partial charge is 0.0480 e. The number of aryl methyl sites for hydroxylation is 1. The van der Waals surface area contributed by atoms with Gasteiger partial charge in [-0.2, -0.15) is 0 Å². The van der Waals surface area contributed by atoms with Crippen molar-refractivity contribution >= 4 is 10.9 Å². The predicted octanol–water partition coefficient (Wildman–Crippen LogP) is 3.38. The first-order chi connectivity index (χ1) is 8.66. The molecule has 18 heavy (non-hydrogen) atoms. The molecule has 3 rings (SSSR count). The monoisotopic (exact) mass is 242 g/mol. The molecule has 0 saturated carbocycles. The Labute approximate surface area is 109 Å². The maximum atomic E-state index is 3.46. The minimum absolute atomic E-state index is 0.603. The molecule has 2 nitrogen and oxygen atoms in total. The molecular formula is C16H22N2. The van der Waals surface area contributed by atoms with Gasteiger partial charge in [-0.15, -0.1) is 0 Å². The summed E-state index contributed by atoms with van der Waals surface area (Å²) in [5.74, 6) is 1.29. The molecule has 1 aliphatic rings. The Morgan fingerprint density at radius 2 is 2.11 bits per heavy atom. The Morgan fingerprint density at radius 1 is 1.28 bits per heavy atom. The van der Waals surface area contributed by atoms with Gasteiger partial charge in [-0.25, -0.2) is 0 Å². The molecule has 2 heteroatoms. The molecule has 96 valence electrons. The van der Waals surface area contributed by atoms with Crippen molar-refractivity contribution in [3.05, 3.63) is 35.5 Å². The lowest BCUT2D eigenvalue weighted by molar-refractivity contribution is 0.694. The molecule has 0 spiro atoms. The SMILES string of the molecule is CC(C)c1ccc2c(c1)cc(C1CCNC1)n2C. The fourth-order valence-corrected chi connectivity index (χ4v) is 3.05. The summed E-state index contributed by atoms with van der Waals surface area (Å²) in [6, 6.07) is 9.28. The Balaban J connectivity index is 2.09. The number of nitrogens with one attached hydrogen (secondary N) is 1. The lowest BCUT2D eigenvalue weighted by Gasteiger charge is -2.10. The lowest BCUT2D eigenvalue weighted by Crippen LogP contribution is -2.10. The molecule has 1 atom stereocenters. The van der Waals surface area contributed by atoms with Gasteiger partial charge in [0.05, 0.1) is 0 Å². The highest BCUT2D eigenvalue weighted by atomic mass is 15.0. The van der Waals surface area contributed by atoms with Crippen molar-refractivity contribution in [3.63, 3.8) is 0 Å². The number of rotatable bonds is 2. The second-order valence-corrected chi connectivity index (χ2v) is 5.79. The Morgan fingerprint density at radius 3 is 2.78 bits per heavy atom. The van der Waals surface area contributed by atoms with Crippen molar-refractivity contribution in [2.45, 2.75) is 32.1 Å². The van der Waals surface area contributed by atoms with Crippen LogP contribution in [-0.4, -0.2) is 17.7 Å². The van der Waals surface area contributed by atoms with E-state index < -0.39 is 0 Å². The summed E-state index contributed by atoms with van der Waals surface area (Å²) < 4.78 is 2.37. The van der Waals surface area contributed by atoms with Gasteiger partial charge in [0.1, 0.15) is 0 Å². The van der Waals surface area contributed by atoms with Gasteiger partial charge >= 0.3 is 0 Å². The zero-order valence-electron chi connectivity index (χ0n) is 11.5. The van der Waals surface area contributed by atoms with Crippen LogP contribution in [-0.2, 0) is 7.05 Å². The van der Waals surface area contributed by atoms with Gasteiger partial charge in [-0.3, -0.25) is 0 Å². The summed E-state index contributed by atoms with van der Waals surface area (Å²) in [5.41, 5.74) is 4.28. The Hall–Kier alpha value is -1.28. The van der Waals surface area contributed by atoms with Crippen LogP contribution in [0.3, 0.4) is 0 Å². The molecule has 1 unspecified atom stereocenters. The number of fused-ring (bicyclic) bond motifs is 1. The van der Waals surface area contributed by atoms with E-state index in [0.717, 1.165) is 13.1 Å². The Bertz CT molecular complexity index is 560. The first kappa shape index (κ1) is 11.8. The van der Waals surface area contributed by atoms with Gasteiger partial charge in [-0.1, -0.05) is 19.9 Å². The van der Waals surface area contributed by atoms with E-state index in [1.165, 1.54) is 28.6 Å². The van der Waals surface area contributed by atoms with Gasteiger partial charge in [0.15, 0.2) is 0 Å². The first-order valence-electron chi connectivity index (χ1n) is 6.97. The number of benzene rings is 1. The topological polar surface area (TPSA) is 17.0 Å². The molecular weight excluding hydrogens is 220 g/mol. The van der Waals surface area contributed by atoms with Crippen LogP contribution in [0.15, 0.2) is 24.3 Å². The highest BCUT2D eigenvalue weighted by Crippen LogP contribution is 2.30. The summed E-state index contributed by atoms with van der Waals surface area (Å²) in [6.07, 6.45) is 1.27. The summed E-state index contributed by atoms with van der Waals surface area (Å²) in [7, 11) is 2.20. The van der Waals surface area contributed by atoms with E-state index in [4.69, 9.17) is 0 Å². The molecule has 0 radical (unpaired) electrons. The molecule has 1 aromatic carbocycles. The zero-order chi connectivity index (χ0) is 12.7. The molecule has 1 N–H and O–H groups in total. The van der Waals surface area contributed by atoms with Crippen LogP contribution in [0.5, 0.6) is 0 Å². The second kappa shape index (κ2) is 4.43.